The molecule has 2 heterocycles. The first-order valence-corrected chi connectivity index (χ1v) is 5.36. The second kappa shape index (κ2) is 3.87. The lowest BCUT2D eigenvalue weighted by atomic mass is 10.2. The van der Waals surface area contributed by atoms with Gasteiger partial charge in [-0.3, -0.25) is 0 Å². The summed E-state index contributed by atoms with van der Waals surface area (Å²) in [7, 11) is 0. The molecule has 0 spiro atoms. The fourth-order valence-electron chi connectivity index (χ4n) is 1.25. The normalized spacial score (nSPS) is 10.8. The summed E-state index contributed by atoms with van der Waals surface area (Å²) in [6, 6.07) is 1.90. The number of nitrogens with zero attached hydrogens (tertiary/aromatic N) is 3. The van der Waals surface area contributed by atoms with Crippen LogP contribution in [-0.4, -0.2) is 19.9 Å². The minimum Gasteiger partial charge on any atom is -0.237 e. The fourth-order valence-corrected chi connectivity index (χ4v) is 1.53. The molecule has 2 rings (SSSR count). The Balaban J connectivity index is 2.26. The first kappa shape index (κ1) is 8.69. The van der Waals surface area contributed by atoms with Crippen LogP contribution in [-0.2, 0) is 6.42 Å². The number of aryl methyl sites for hydroxylation is 1. The highest BCUT2D eigenvalue weighted by Crippen LogP contribution is 2.04. The van der Waals surface area contributed by atoms with E-state index in [1.54, 1.807) is 6.20 Å². The van der Waals surface area contributed by atoms with Crippen LogP contribution in [0.2, 0.25) is 0 Å². The van der Waals surface area contributed by atoms with Gasteiger partial charge in [-0.1, -0.05) is 15.9 Å². The Morgan fingerprint density at radius 3 is 3.23 bits per heavy atom. The van der Waals surface area contributed by atoms with Crippen LogP contribution in [0.15, 0.2) is 24.7 Å². The third-order valence-electron chi connectivity index (χ3n) is 1.90. The molecule has 0 aliphatic heterocycles. The number of rotatable bonds is 3. The number of hydrogen-bond donors (Lipinski definition) is 0. The van der Waals surface area contributed by atoms with Gasteiger partial charge in [0.2, 0.25) is 0 Å². The largest absolute Gasteiger partial charge is 0.237 e. The predicted molar refractivity (Wildman–Crippen MR) is 55.1 cm³/mol. The molecule has 68 valence electrons. The summed E-state index contributed by atoms with van der Waals surface area (Å²) in [6.07, 6.45) is 7.89. The molecule has 0 unspecified atom stereocenters. The van der Waals surface area contributed by atoms with Gasteiger partial charge in [-0.15, -0.1) is 0 Å². The molecule has 0 aromatic carbocycles. The fraction of sp³-hybridized carbons (Fsp3) is 0.333. The third kappa shape index (κ3) is 1.88. The van der Waals surface area contributed by atoms with Crippen molar-refractivity contribution in [1.82, 2.24) is 14.6 Å². The summed E-state index contributed by atoms with van der Waals surface area (Å²) < 4.78 is 1.81. The molecule has 3 nitrogen and oxygen atoms in total. The summed E-state index contributed by atoms with van der Waals surface area (Å²) in [5.74, 6) is 0. The molecule has 0 aliphatic carbocycles. The van der Waals surface area contributed by atoms with Crippen molar-refractivity contribution >= 4 is 21.6 Å². The number of aromatic nitrogens is 3. The Hall–Kier alpha value is -0.900. The molecule has 0 aliphatic rings. The van der Waals surface area contributed by atoms with Gasteiger partial charge in [0.15, 0.2) is 5.65 Å². The third-order valence-corrected chi connectivity index (χ3v) is 2.46. The van der Waals surface area contributed by atoms with Crippen molar-refractivity contribution in [1.29, 1.82) is 0 Å². The van der Waals surface area contributed by atoms with Crippen LogP contribution in [0.4, 0.5) is 0 Å². The van der Waals surface area contributed by atoms with Gasteiger partial charge in [0, 0.05) is 23.8 Å². The number of halogens is 1. The van der Waals surface area contributed by atoms with Crippen molar-refractivity contribution in [3.05, 3.63) is 30.2 Å². The zero-order chi connectivity index (χ0) is 9.10. The van der Waals surface area contributed by atoms with E-state index < -0.39 is 0 Å². The first-order chi connectivity index (χ1) is 6.40. The molecule has 0 saturated heterocycles. The lowest BCUT2D eigenvalue weighted by Crippen LogP contribution is -1.94. The van der Waals surface area contributed by atoms with Gasteiger partial charge in [-0.05, 0) is 18.4 Å². The van der Waals surface area contributed by atoms with E-state index in [4.69, 9.17) is 0 Å². The van der Waals surface area contributed by atoms with Crippen LogP contribution in [0.25, 0.3) is 5.65 Å². The van der Waals surface area contributed by atoms with E-state index in [1.165, 1.54) is 5.56 Å². The molecular weight excluding hydrogens is 230 g/mol. The second-order valence-electron chi connectivity index (χ2n) is 2.89. The maximum Gasteiger partial charge on any atom is 0.154 e. The monoisotopic (exact) mass is 239 g/mol. The van der Waals surface area contributed by atoms with Crippen molar-refractivity contribution in [2.75, 3.05) is 5.33 Å². The number of fused-ring (bicyclic) bond motifs is 1. The molecule has 0 fully saturated rings. The topological polar surface area (TPSA) is 30.2 Å². The Morgan fingerprint density at radius 1 is 1.46 bits per heavy atom. The van der Waals surface area contributed by atoms with Crippen molar-refractivity contribution in [2.45, 2.75) is 12.8 Å². The van der Waals surface area contributed by atoms with Crippen LogP contribution in [0.1, 0.15) is 12.0 Å². The van der Waals surface area contributed by atoms with E-state index >= 15 is 0 Å². The van der Waals surface area contributed by atoms with E-state index in [9.17, 15) is 0 Å². The highest BCUT2D eigenvalue weighted by Gasteiger charge is 1.97. The molecule has 0 saturated carbocycles. The van der Waals surface area contributed by atoms with Crippen molar-refractivity contribution in [2.24, 2.45) is 0 Å². The molecule has 0 bridgehead atoms. The van der Waals surface area contributed by atoms with Crippen molar-refractivity contribution in [3.8, 4) is 0 Å². The van der Waals surface area contributed by atoms with Crippen LogP contribution >= 0.6 is 15.9 Å². The summed E-state index contributed by atoms with van der Waals surface area (Å²) in [5.41, 5.74) is 2.14. The average Bonchev–Trinajstić information content (AvgIpc) is 2.61. The van der Waals surface area contributed by atoms with Crippen molar-refractivity contribution in [3.63, 3.8) is 0 Å². The number of hydrogen-bond acceptors (Lipinski definition) is 2. The Bertz CT molecular complexity index is 396. The quantitative estimate of drug-likeness (QED) is 0.768. The van der Waals surface area contributed by atoms with E-state index in [0.717, 1.165) is 23.8 Å². The Morgan fingerprint density at radius 2 is 2.38 bits per heavy atom. The smallest absolute Gasteiger partial charge is 0.154 e. The van der Waals surface area contributed by atoms with Crippen LogP contribution in [0.3, 0.4) is 0 Å². The number of alkyl halides is 1. The summed E-state index contributed by atoms with van der Waals surface area (Å²) in [5, 5.41) is 5.16. The Labute approximate surface area is 84.9 Å². The molecule has 0 amide bonds. The summed E-state index contributed by atoms with van der Waals surface area (Å²) >= 11 is 3.41. The average molecular weight is 240 g/mol. The SMILES string of the molecule is BrCCCc1cnc2ccnn2c1. The van der Waals surface area contributed by atoms with E-state index in [0.29, 0.717) is 0 Å². The van der Waals surface area contributed by atoms with Gasteiger partial charge in [0.1, 0.15) is 0 Å². The lowest BCUT2D eigenvalue weighted by molar-refractivity contribution is 0.872. The minimum absolute atomic E-state index is 0.905. The molecule has 2 aromatic heterocycles. The molecule has 13 heavy (non-hydrogen) atoms. The molecule has 4 heteroatoms. The lowest BCUT2D eigenvalue weighted by Gasteiger charge is -1.98. The molecule has 0 atom stereocenters. The van der Waals surface area contributed by atoms with Crippen molar-refractivity contribution < 1.29 is 0 Å². The highest BCUT2D eigenvalue weighted by atomic mass is 79.9. The molecular formula is C9H10BrN3. The zero-order valence-corrected chi connectivity index (χ0v) is 8.74. The maximum atomic E-state index is 4.28. The van der Waals surface area contributed by atoms with Crippen LogP contribution in [0.5, 0.6) is 0 Å². The highest BCUT2D eigenvalue weighted by molar-refractivity contribution is 9.09. The predicted octanol–water partition coefficient (Wildman–Crippen LogP) is 2.06. The van der Waals surface area contributed by atoms with Gasteiger partial charge >= 0.3 is 0 Å². The van der Waals surface area contributed by atoms with Gasteiger partial charge < -0.3 is 0 Å². The first-order valence-electron chi connectivity index (χ1n) is 4.24. The molecule has 0 radical (unpaired) electrons. The van der Waals surface area contributed by atoms with Gasteiger partial charge in [0.25, 0.3) is 0 Å². The summed E-state index contributed by atoms with van der Waals surface area (Å²) in [4.78, 5) is 4.28. The van der Waals surface area contributed by atoms with E-state index in [1.807, 2.05) is 23.0 Å². The maximum absolute atomic E-state index is 4.28. The van der Waals surface area contributed by atoms with Crippen LogP contribution < -0.4 is 0 Å². The zero-order valence-electron chi connectivity index (χ0n) is 7.15. The second-order valence-corrected chi connectivity index (χ2v) is 3.68. The van der Waals surface area contributed by atoms with E-state index in [2.05, 4.69) is 26.0 Å². The Kier molecular flexibility index (Phi) is 2.59. The summed E-state index contributed by atoms with van der Waals surface area (Å²) in [6.45, 7) is 0. The van der Waals surface area contributed by atoms with Gasteiger partial charge in [-0.25, -0.2) is 9.50 Å². The standard InChI is InChI=1S/C9H10BrN3/c10-4-1-2-8-6-11-9-3-5-12-13(9)7-8/h3,5-7H,1-2,4H2. The molecule has 2 aromatic rings. The van der Waals surface area contributed by atoms with E-state index in [-0.39, 0.29) is 0 Å². The molecule has 0 N–H and O–H groups in total. The van der Waals surface area contributed by atoms with Crippen LogP contribution in [0, 0.1) is 0 Å². The minimum atomic E-state index is 0.905. The van der Waals surface area contributed by atoms with Gasteiger partial charge in [0.05, 0.1) is 6.20 Å². The van der Waals surface area contributed by atoms with Gasteiger partial charge in [-0.2, -0.15) is 5.10 Å².